The summed E-state index contributed by atoms with van der Waals surface area (Å²) in [6, 6.07) is 7.05. The fourth-order valence-corrected chi connectivity index (χ4v) is 2.07. The molecule has 0 spiro atoms. The second-order valence-electron chi connectivity index (χ2n) is 3.48. The number of aromatic nitrogens is 4. The Morgan fingerprint density at radius 3 is 2.94 bits per heavy atom. The highest BCUT2D eigenvalue weighted by atomic mass is 79.9. The number of carboxylic acid groups (broad SMARTS) is 1. The van der Waals surface area contributed by atoms with Crippen LogP contribution in [0.25, 0.3) is 16.6 Å². The van der Waals surface area contributed by atoms with Crippen molar-refractivity contribution in [3.63, 3.8) is 0 Å². The lowest BCUT2D eigenvalue weighted by atomic mass is 10.1. The number of carboxylic acids is 1. The fourth-order valence-electron chi connectivity index (χ4n) is 1.72. The van der Waals surface area contributed by atoms with Crippen LogP contribution in [-0.4, -0.2) is 31.1 Å². The standard InChI is InChI=1S/C10H5BrN4O2/c11-6-2-1-5-3-7(10(16)17)9-12-13-14-15(9)8(5)4-6/h1-4H,(H,16,17). The summed E-state index contributed by atoms with van der Waals surface area (Å²) in [5, 5.41) is 20.9. The molecule has 2 aromatic heterocycles. The Hall–Kier alpha value is -2.02. The van der Waals surface area contributed by atoms with Gasteiger partial charge in [0.2, 0.25) is 0 Å². The number of aromatic carboxylic acids is 1. The van der Waals surface area contributed by atoms with E-state index in [4.69, 9.17) is 5.11 Å². The zero-order chi connectivity index (χ0) is 12.0. The van der Waals surface area contributed by atoms with Crippen molar-refractivity contribution in [2.24, 2.45) is 0 Å². The number of tetrazole rings is 1. The number of pyridine rings is 1. The lowest BCUT2D eigenvalue weighted by molar-refractivity contribution is 0.0698. The quantitative estimate of drug-likeness (QED) is 0.739. The molecule has 0 bridgehead atoms. The van der Waals surface area contributed by atoms with E-state index in [1.165, 1.54) is 4.52 Å². The highest BCUT2D eigenvalue weighted by Crippen LogP contribution is 2.22. The van der Waals surface area contributed by atoms with Crippen LogP contribution < -0.4 is 0 Å². The van der Waals surface area contributed by atoms with Crippen LogP contribution in [0.4, 0.5) is 0 Å². The molecule has 0 amide bonds. The lowest BCUT2D eigenvalue weighted by Gasteiger charge is -2.03. The van der Waals surface area contributed by atoms with Gasteiger partial charge in [0.15, 0.2) is 5.65 Å². The molecule has 17 heavy (non-hydrogen) atoms. The number of hydrogen-bond acceptors (Lipinski definition) is 4. The zero-order valence-electron chi connectivity index (χ0n) is 8.33. The van der Waals surface area contributed by atoms with E-state index in [1.807, 2.05) is 18.2 Å². The predicted octanol–water partition coefficient (Wildman–Crippen LogP) is 1.74. The summed E-state index contributed by atoms with van der Waals surface area (Å²) in [6.45, 7) is 0. The van der Waals surface area contributed by atoms with Gasteiger partial charge < -0.3 is 5.11 Å². The minimum Gasteiger partial charge on any atom is -0.478 e. The first-order chi connectivity index (χ1) is 8.16. The van der Waals surface area contributed by atoms with Gasteiger partial charge in [0.05, 0.1) is 5.52 Å². The number of carbonyl (C=O) groups is 1. The molecule has 0 aliphatic rings. The summed E-state index contributed by atoms with van der Waals surface area (Å²) in [6.07, 6.45) is 0. The van der Waals surface area contributed by atoms with E-state index >= 15 is 0 Å². The Bertz CT molecular complexity index is 752. The van der Waals surface area contributed by atoms with Gasteiger partial charge in [-0.2, -0.15) is 4.52 Å². The largest absolute Gasteiger partial charge is 0.478 e. The van der Waals surface area contributed by atoms with Gasteiger partial charge in [-0.05, 0) is 28.6 Å². The topological polar surface area (TPSA) is 80.4 Å². The van der Waals surface area contributed by atoms with Gasteiger partial charge in [-0.1, -0.05) is 22.0 Å². The minimum absolute atomic E-state index is 0.0878. The zero-order valence-corrected chi connectivity index (χ0v) is 9.92. The molecule has 84 valence electrons. The van der Waals surface area contributed by atoms with Crippen molar-refractivity contribution in [2.75, 3.05) is 0 Å². The van der Waals surface area contributed by atoms with Crippen LogP contribution in [0, 0.1) is 0 Å². The molecule has 6 nitrogen and oxygen atoms in total. The van der Waals surface area contributed by atoms with Gasteiger partial charge >= 0.3 is 5.97 Å². The summed E-state index contributed by atoms with van der Waals surface area (Å²) in [5.74, 6) is -1.05. The maximum atomic E-state index is 11.1. The van der Waals surface area contributed by atoms with E-state index in [0.717, 1.165) is 15.4 Å². The molecule has 0 saturated heterocycles. The van der Waals surface area contributed by atoms with Crippen molar-refractivity contribution in [2.45, 2.75) is 0 Å². The first kappa shape index (κ1) is 10.2. The van der Waals surface area contributed by atoms with Crippen molar-refractivity contribution in [1.29, 1.82) is 0 Å². The van der Waals surface area contributed by atoms with E-state index in [9.17, 15) is 4.79 Å². The number of rotatable bonds is 1. The minimum atomic E-state index is -1.05. The number of benzene rings is 1. The molecule has 7 heteroatoms. The molecular weight excluding hydrogens is 288 g/mol. The summed E-state index contributed by atoms with van der Waals surface area (Å²) >= 11 is 3.36. The van der Waals surface area contributed by atoms with Crippen molar-refractivity contribution < 1.29 is 9.90 Å². The second kappa shape index (κ2) is 3.49. The molecule has 0 radical (unpaired) electrons. The van der Waals surface area contributed by atoms with Gasteiger partial charge in [-0.25, -0.2) is 4.79 Å². The Kier molecular flexibility index (Phi) is 2.08. The van der Waals surface area contributed by atoms with Crippen LogP contribution in [0.5, 0.6) is 0 Å². The van der Waals surface area contributed by atoms with Gasteiger partial charge in [-0.3, -0.25) is 0 Å². The van der Waals surface area contributed by atoms with Crippen LogP contribution in [0.2, 0.25) is 0 Å². The molecule has 3 rings (SSSR count). The Balaban J connectivity index is 2.55. The average molecular weight is 293 g/mol. The van der Waals surface area contributed by atoms with Crippen LogP contribution >= 0.6 is 15.9 Å². The SMILES string of the molecule is O=C(O)c1cc2ccc(Br)cc2n2nnnc12. The van der Waals surface area contributed by atoms with Crippen LogP contribution in [0.1, 0.15) is 10.4 Å². The maximum Gasteiger partial charge on any atom is 0.339 e. The van der Waals surface area contributed by atoms with Crippen molar-refractivity contribution in [3.05, 3.63) is 34.3 Å². The van der Waals surface area contributed by atoms with Crippen LogP contribution in [0.3, 0.4) is 0 Å². The Labute approximate surface area is 103 Å². The van der Waals surface area contributed by atoms with Gasteiger partial charge in [-0.15, -0.1) is 5.10 Å². The molecule has 2 heterocycles. The monoisotopic (exact) mass is 292 g/mol. The summed E-state index contributed by atoms with van der Waals surface area (Å²) in [5.41, 5.74) is 1.08. The molecule has 0 aliphatic heterocycles. The van der Waals surface area contributed by atoms with Crippen LogP contribution in [0.15, 0.2) is 28.7 Å². The van der Waals surface area contributed by atoms with E-state index in [0.29, 0.717) is 0 Å². The first-order valence-corrected chi connectivity index (χ1v) is 5.50. The van der Waals surface area contributed by atoms with Crippen molar-refractivity contribution in [1.82, 2.24) is 20.0 Å². The molecule has 0 aliphatic carbocycles. The number of fused-ring (bicyclic) bond motifs is 3. The molecule has 0 fully saturated rings. The van der Waals surface area contributed by atoms with E-state index in [-0.39, 0.29) is 11.2 Å². The third kappa shape index (κ3) is 1.47. The molecular formula is C10H5BrN4O2. The van der Waals surface area contributed by atoms with Crippen molar-refractivity contribution in [3.8, 4) is 0 Å². The maximum absolute atomic E-state index is 11.1. The first-order valence-electron chi connectivity index (χ1n) is 4.70. The average Bonchev–Trinajstić information content (AvgIpc) is 2.76. The Morgan fingerprint density at radius 1 is 1.35 bits per heavy atom. The Morgan fingerprint density at radius 2 is 2.18 bits per heavy atom. The smallest absolute Gasteiger partial charge is 0.339 e. The molecule has 1 N–H and O–H groups in total. The summed E-state index contributed by atoms with van der Waals surface area (Å²) < 4.78 is 2.30. The fraction of sp³-hybridized carbons (Fsp3) is 0. The highest BCUT2D eigenvalue weighted by molar-refractivity contribution is 9.10. The van der Waals surface area contributed by atoms with E-state index in [1.54, 1.807) is 6.07 Å². The third-order valence-electron chi connectivity index (χ3n) is 2.46. The number of nitrogens with zero attached hydrogens (tertiary/aromatic N) is 4. The molecule has 0 atom stereocenters. The summed E-state index contributed by atoms with van der Waals surface area (Å²) in [4.78, 5) is 11.1. The highest BCUT2D eigenvalue weighted by Gasteiger charge is 2.14. The van der Waals surface area contributed by atoms with E-state index in [2.05, 4.69) is 31.5 Å². The predicted molar refractivity (Wildman–Crippen MR) is 62.9 cm³/mol. The van der Waals surface area contributed by atoms with Crippen LogP contribution in [-0.2, 0) is 0 Å². The normalized spacial score (nSPS) is 11.1. The molecule has 0 unspecified atom stereocenters. The third-order valence-corrected chi connectivity index (χ3v) is 2.95. The molecule has 0 saturated carbocycles. The van der Waals surface area contributed by atoms with Gasteiger partial charge in [0.1, 0.15) is 5.56 Å². The van der Waals surface area contributed by atoms with Gasteiger partial charge in [0, 0.05) is 9.86 Å². The lowest BCUT2D eigenvalue weighted by Crippen LogP contribution is -2.02. The molecule has 3 aromatic rings. The van der Waals surface area contributed by atoms with E-state index < -0.39 is 5.97 Å². The molecule has 1 aromatic carbocycles. The number of hydrogen-bond donors (Lipinski definition) is 1. The second-order valence-corrected chi connectivity index (χ2v) is 4.40. The number of halogens is 1. The van der Waals surface area contributed by atoms with Gasteiger partial charge in [0.25, 0.3) is 0 Å². The van der Waals surface area contributed by atoms with Crippen molar-refractivity contribution >= 4 is 38.4 Å². The summed E-state index contributed by atoms with van der Waals surface area (Å²) in [7, 11) is 0.